The normalized spacial score (nSPS) is 12.2. The molecule has 5 heteroatoms. The molecule has 0 fully saturated rings. The largest absolute Gasteiger partial charge is 0.479 e. The maximum Gasteiger partial charge on any atom is 0.344 e. The van der Waals surface area contributed by atoms with Gasteiger partial charge in [-0.1, -0.05) is 24.3 Å². The molecule has 1 aromatic heterocycles. The van der Waals surface area contributed by atoms with E-state index in [0.717, 1.165) is 20.8 Å². The second-order valence-electron chi connectivity index (χ2n) is 4.58. The van der Waals surface area contributed by atoms with Crippen molar-refractivity contribution < 1.29 is 14.6 Å². The molecule has 1 heterocycles. The molecule has 0 aliphatic heterocycles. The molecule has 4 nitrogen and oxygen atoms in total. The third-order valence-electron chi connectivity index (χ3n) is 3.06. The van der Waals surface area contributed by atoms with E-state index in [4.69, 9.17) is 9.84 Å². The van der Waals surface area contributed by atoms with Crippen LogP contribution in [0.4, 0.5) is 0 Å². The molecule has 0 amide bonds. The Hall–Kier alpha value is -2.40. The Balaban J connectivity index is 2.03. The molecular formula is C16H13NO3S. The summed E-state index contributed by atoms with van der Waals surface area (Å²) in [5.74, 6) is -0.458. The zero-order valence-electron chi connectivity index (χ0n) is 11.3. The number of carbonyl (C=O) groups is 1. The molecule has 21 heavy (non-hydrogen) atoms. The van der Waals surface area contributed by atoms with Crippen LogP contribution in [0, 0.1) is 0 Å². The number of para-hydroxylation sites is 2. The van der Waals surface area contributed by atoms with E-state index >= 15 is 0 Å². The van der Waals surface area contributed by atoms with Crippen LogP contribution in [0.2, 0.25) is 0 Å². The quantitative estimate of drug-likeness (QED) is 0.795. The SMILES string of the molecule is CC(Oc1ccccc1-c1nc2ccccc2s1)C(=O)O. The van der Waals surface area contributed by atoms with Crippen LogP contribution in [0.5, 0.6) is 5.75 Å². The smallest absolute Gasteiger partial charge is 0.344 e. The van der Waals surface area contributed by atoms with E-state index < -0.39 is 12.1 Å². The maximum atomic E-state index is 11.0. The van der Waals surface area contributed by atoms with Gasteiger partial charge in [-0.25, -0.2) is 9.78 Å². The number of thiazole rings is 1. The molecule has 2 aromatic carbocycles. The number of nitrogens with zero attached hydrogens (tertiary/aromatic N) is 1. The molecule has 1 N–H and O–H groups in total. The molecule has 0 bridgehead atoms. The van der Waals surface area contributed by atoms with Crippen LogP contribution in [0.15, 0.2) is 48.5 Å². The number of aromatic nitrogens is 1. The molecule has 0 aliphatic carbocycles. The summed E-state index contributed by atoms with van der Waals surface area (Å²) in [6.07, 6.45) is -0.902. The second kappa shape index (κ2) is 5.54. The monoisotopic (exact) mass is 299 g/mol. The number of ether oxygens (including phenoxy) is 1. The van der Waals surface area contributed by atoms with Gasteiger partial charge in [0.2, 0.25) is 0 Å². The van der Waals surface area contributed by atoms with Crippen LogP contribution in [-0.4, -0.2) is 22.2 Å². The number of hydrogen-bond acceptors (Lipinski definition) is 4. The van der Waals surface area contributed by atoms with Gasteiger partial charge < -0.3 is 9.84 Å². The molecule has 0 radical (unpaired) electrons. The number of fused-ring (bicyclic) bond motifs is 1. The van der Waals surface area contributed by atoms with Crippen molar-refractivity contribution in [3.8, 4) is 16.3 Å². The maximum absolute atomic E-state index is 11.0. The van der Waals surface area contributed by atoms with E-state index in [1.807, 2.05) is 42.5 Å². The highest BCUT2D eigenvalue weighted by molar-refractivity contribution is 7.21. The number of carboxylic acid groups (broad SMARTS) is 1. The van der Waals surface area contributed by atoms with Gasteiger partial charge in [-0.3, -0.25) is 0 Å². The average Bonchev–Trinajstić information content (AvgIpc) is 2.91. The van der Waals surface area contributed by atoms with Gasteiger partial charge in [0.15, 0.2) is 6.10 Å². The predicted molar refractivity (Wildman–Crippen MR) is 82.8 cm³/mol. The molecule has 0 saturated heterocycles. The lowest BCUT2D eigenvalue weighted by Crippen LogP contribution is -2.23. The minimum atomic E-state index is -0.992. The van der Waals surface area contributed by atoms with E-state index in [1.165, 1.54) is 6.92 Å². The fraction of sp³-hybridized carbons (Fsp3) is 0.125. The lowest BCUT2D eigenvalue weighted by molar-refractivity contribution is -0.144. The van der Waals surface area contributed by atoms with E-state index in [0.29, 0.717) is 5.75 Å². The number of carboxylic acids is 1. The summed E-state index contributed by atoms with van der Waals surface area (Å²) in [5.41, 5.74) is 1.74. The van der Waals surface area contributed by atoms with Crippen molar-refractivity contribution in [3.63, 3.8) is 0 Å². The van der Waals surface area contributed by atoms with Gasteiger partial charge >= 0.3 is 5.97 Å². The van der Waals surface area contributed by atoms with E-state index in [1.54, 1.807) is 17.4 Å². The molecule has 3 rings (SSSR count). The number of benzene rings is 2. The summed E-state index contributed by atoms with van der Waals surface area (Å²) < 4.78 is 6.62. The van der Waals surface area contributed by atoms with Gasteiger partial charge in [0, 0.05) is 0 Å². The Morgan fingerprint density at radius 2 is 1.90 bits per heavy atom. The fourth-order valence-electron chi connectivity index (χ4n) is 1.97. The first-order valence-electron chi connectivity index (χ1n) is 6.49. The molecule has 1 unspecified atom stereocenters. The first-order chi connectivity index (χ1) is 10.1. The Morgan fingerprint density at radius 3 is 2.67 bits per heavy atom. The lowest BCUT2D eigenvalue weighted by atomic mass is 10.2. The minimum absolute atomic E-state index is 0.534. The Morgan fingerprint density at radius 1 is 1.19 bits per heavy atom. The van der Waals surface area contributed by atoms with Gasteiger partial charge in [0.1, 0.15) is 10.8 Å². The van der Waals surface area contributed by atoms with Crippen molar-refractivity contribution in [1.29, 1.82) is 0 Å². The first-order valence-corrected chi connectivity index (χ1v) is 7.31. The molecule has 1 atom stereocenters. The van der Waals surface area contributed by atoms with Crippen molar-refractivity contribution in [2.24, 2.45) is 0 Å². The van der Waals surface area contributed by atoms with E-state index in [-0.39, 0.29) is 0 Å². The van der Waals surface area contributed by atoms with Crippen LogP contribution < -0.4 is 4.74 Å². The highest BCUT2D eigenvalue weighted by atomic mass is 32.1. The summed E-state index contributed by atoms with van der Waals surface area (Å²) in [4.78, 5) is 15.5. The zero-order valence-corrected chi connectivity index (χ0v) is 12.1. The van der Waals surface area contributed by atoms with Crippen molar-refractivity contribution in [3.05, 3.63) is 48.5 Å². The number of rotatable bonds is 4. The number of hydrogen-bond donors (Lipinski definition) is 1. The van der Waals surface area contributed by atoms with Crippen molar-refractivity contribution in [2.75, 3.05) is 0 Å². The molecule has 0 spiro atoms. The number of aliphatic carboxylic acids is 1. The lowest BCUT2D eigenvalue weighted by Gasteiger charge is -2.12. The highest BCUT2D eigenvalue weighted by Crippen LogP contribution is 2.35. The van der Waals surface area contributed by atoms with Crippen LogP contribution in [0.25, 0.3) is 20.8 Å². The Bertz CT molecular complexity index is 764. The molecule has 0 saturated carbocycles. The van der Waals surface area contributed by atoms with Crippen molar-refractivity contribution in [2.45, 2.75) is 13.0 Å². The summed E-state index contributed by atoms with van der Waals surface area (Å²) in [6.45, 7) is 1.51. The average molecular weight is 299 g/mol. The summed E-state index contributed by atoms with van der Waals surface area (Å²) in [5, 5.41) is 9.80. The van der Waals surface area contributed by atoms with Crippen molar-refractivity contribution in [1.82, 2.24) is 4.98 Å². The molecular weight excluding hydrogens is 286 g/mol. The summed E-state index contributed by atoms with van der Waals surface area (Å²) >= 11 is 1.56. The van der Waals surface area contributed by atoms with Crippen LogP contribution in [-0.2, 0) is 4.79 Å². The second-order valence-corrected chi connectivity index (χ2v) is 5.61. The first kappa shape index (κ1) is 13.6. The molecule has 3 aromatic rings. The minimum Gasteiger partial charge on any atom is -0.479 e. The fourth-order valence-corrected chi connectivity index (χ4v) is 2.97. The van der Waals surface area contributed by atoms with Gasteiger partial charge in [0.05, 0.1) is 15.8 Å². The van der Waals surface area contributed by atoms with Crippen LogP contribution in [0.1, 0.15) is 6.92 Å². The standard InChI is InChI=1S/C16H13NO3S/c1-10(16(18)19)20-13-8-4-2-6-11(13)15-17-12-7-3-5-9-14(12)21-15/h2-10H,1H3,(H,18,19). The van der Waals surface area contributed by atoms with Crippen LogP contribution >= 0.6 is 11.3 Å². The van der Waals surface area contributed by atoms with Gasteiger partial charge in [-0.15, -0.1) is 11.3 Å². The molecule has 0 aliphatic rings. The summed E-state index contributed by atoms with van der Waals surface area (Å²) in [6, 6.07) is 15.3. The van der Waals surface area contributed by atoms with Crippen LogP contribution in [0.3, 0.4) is 0 Å². The third kappa shape index (κ3) is 2.73. The highest BCUT2D eigenvalue weighted by Gasteiger charge is 2.17. The third-order valence-corrected chi connectivity index (χ3v) is 4.13. The molecule has 106 valence electrons. The van der Waals surface area contributed by atoms with Gasteiger partial charge in [-0.2, -0.15) is 0 Å². The van der Waals surface area contributed by atoms with Gasteiger partial charge in [0.25, 0.3) is 0 Å². The zero-order chi connectivity index (χ0) is 14.8. The van der Waals surface area contributed by atoms with E-state index in [9.17, 15) is 4.79 Å². The predicted octanol–water partition coefficient (Wildman–Crippen LogP) is 3.82. The summed E-state index contributed by atoms with van der Waals surface area (Å²) in [7, 11) is 0. The van der Waals surface area contributed by atoms with Gasteiger partial charge in [-0.05, 0) is 31.2 Å². The van der Waals surface area contributed by atoms with E-state index in [2.05, 4.69) is 4.98 Å². The Kier molecular flexibility index (Phi) is 3.58. The van der Waals surface area contributed by atoms with Crippen molar-refractivity contribution >= 4 is 27.5 Å². The Labute approximate surface area is 125 Å². The topological polar surface area (TPSA) is 59.4 Å².